The maximum Gasteiger partial charge on any atom is 0.278 e. The molecule has 1 aromatic carbocycles. The number of benzene rings is 1. The highest BCUT2D eigenvalue weighted by Crippen LogP contribution is 2.36. The van der Waals surface area contributed by atoms with Crippen LogP contribution in [0.3, 0.4) is 0 Å². The first-order valence-electron chi connectivity index (χ1n) is 8.11. The van der Waals surface area contributed by atoms with Crippen molar-refractivity contribution >= 4 is 34.4 Å². The zero-order valence-electron chi connectivity index (χ0n) is 13.9. The molecule has 0 spiro atoms. The van der Waals surface area contributed by atoms with Crippen LogP contribution in [0.1, 0.15) is 4.88 Å². The van der Waals surface area contributed by atoms with Crippen LogP contribution in [0, 0.1) is 0 Å². The highest BCUT2D eigenvalue weighted by molar-refractivity contribution is 7.11. The molecule has 1 N–H and O–H groups in total. The molecule has 26 heavy (non-hydrogen) atoms. The molecule has 0 saturated heterocycles. The molecule has 0 bridgehead atoms. The van der Waals surface area contributed by atoms with Crippen LogP contribution < -0.4 is 14.8 Å². The molecule has 1 aromatic heterocycles. The van der Waals surface area contributed by atoms with Crippen molar-refractivity contribution in [1.82, 2.24) is 4.90 Å². The van der Waals surface area contributed by atoms with E-state index in [-0.39, 0.29) is 24.1 Å². The number of carbonyl (C=O) groups is 2. The fourth-order valence-electron chi connectivity index (χ4n) is 2.90. The van der Waals surface area contributed by atoms with Gasteiger partial charge in [0, 0.05) is 23.2 Å². The van der Waals surface area contributed by atoms with Crippen molar-refractivity contribution in [2.45, 2.75) is 0 Å². The average Bonchev–Trinajstić information content (AvgIpc) is 3.25. The van der Waals surface area contributed by atoms with E-state index < -0.39 is 0 Å². The summed E-state index contributed by atoms with van der Waals surface area (Å²) in [6, 6.07) is 9.02. The number of hydrogen-bond acceptors (Lipinski definition) is 6. The minimum absolute atomic E-state index is 0.166. The number of rotatable bonds is 5. The largest absolute Gasteiger partial charge is 0.486 e. The third kappa shape index (κ3) is 2.76. The lowest BCUT2D eigenvalue weighted by atomic mass is 10.1. The summed E-state index contributed by atoms with van der Waals surface area (Å²) in [5.74, 6) is 0.584. The quantitative estimate of drug-likeness (QED) is 0.649. The van der Waals surface area contributed by atoms with E-state index >= 15 is 0 Å². The van der Waals surface area contributed by atoms with Crippen molar-refractivity contribution in [3.63, 3.8) is 0 Å². The van der Waals surface area contributed by atoms with E-state index in [4.69, 9.17) is 9.47 Å². The van der Waals surface area contributed by atoms with Gasteiger partial charge in [-0.25, -0.2) is 0 Å². The van der Waals surface area contributed by atoms with E-state index in [0.717, 1.165) is 4.88 Å². The molecule has 2 aromatic rings. The highest BCUT2D eigenvalue weighted by Gasteiger charge is 2.39. The van der Waals surface area contributed by atoms with Crippen molar-refractivity contribution < 1.29 is 19.1 Å². The van der Waals surface area contributed by atoms with Gasteiger partial charge in [-0.05, 0) is 23.6 Å². The molecule has 4 rings (SSSR count). The molecule has 2 amide bonds. The van der Waals surface area contributed by atoms with E-state index in [1.54, 1.807) is 18.2 Å². The molecule has 2 aliphatic rings. The molecule has 0 atom stereocenters. The van der Waals surface area contributed by atoms with Gasteiger partial charge in [0.25, 0.3) is 11.8 Å². The van der Waals surface area contributed by atoms with Gasteiger partial charge < -0.3 is 14.8 Å². The van der Waals surface area contributed by atoms with Gasteiger partial charge in [0.15, 0.2) is 11.5 Å². The van der Waals surface area contributed by atoms with Crippen LogP contribution in [-0.2, 0) is 9.59 Å². The van der Waals surface area contributed by atoms with Crippen molar-refractivity contribution in [1.29, 1.82) is 0 Å². The van der Waals surface area contributed by atoms with Crippen molar-refractivity contribution in [3.05, 3.63) is 58.9 Å². The maximum atomic E-state index is 12.8. The van der Waals surface area contributed by atoms with E-state index in [1.165, 1.54) is 22.3 Å². The molecular weight excluding hydrogens is 352 g/mol. The van der Waals surface area contributed by atoms with Gasteiger partial charge in [-0.15, -0.1) is 17.9 Å². The zero-order valence-corrected chi connectivity index (χ0v) is 14.7. The Morgan fingerprint density at radius 1 is 1.15 bits per heavy atom. The summed E-state index contributed by atoms with van der Waals surface area (Å²) in [4.78, 5) is 27.5. The standard InChI is InChI=1S/C19H16N2O4S/c1-2-7-21-18(22)16(15-4-3-10-26-15)17(19(21)23)20-12-5-6-13-14(11-12)25-9-8-24-13/h2-6,10-11,20H,1,7-9H2. The van der Waals surface area contributed by atoms with Crippen molar-refractivity contribution in [3.8, 4) is 11.5 Å². The SMILES string of the molecule is C=CCN1C(=O)C(Nc2ccc3c(c2)OCCO3)=C(c2cccs2)C1=O. The number of ether oxygens (including phenoxy) is 2. The number of nitrogens with zero attached hydrogens (tertiary/aromatic N) is 1. The number of hydrogen-bond donors (Lipinski definition) is 1. The Balaban J connectivity index is 1.72. The second kappa shape index (κ2) is 6.68. The second-order valence-electron chi connectivity index (χ2n) is 5.72. The van der Waals surface area contributed by atoms with Gasteiger partial charge >= 0.3 is 0 Å². The minimum atomic E-state index is -0.367. The van der Waals surface area contributed by atoms with Gasteiger partial charge in [-0.1, -0.05) is 12.1 Å². The number of carbonyl (C=O) groups excluding carboxylic acids is 2. The Morgan fingerprint density at radius 2 is 1.96 bits per heavy atom. The van der Waals surface area contributed by atoms with E-state index in [1.807, 2.05) is 17.5 Å². The Bertz CT molecular complexity index is 918. The van der Waals surface area contributed by atoms with Gasteiger partial charge in [0.05, 0.1) is 5.57 Å². The predicted molar refractivity (Wildman–Crippen MR) is 99.2 cm³/mol. The maximum absolute atomic E-state index is 12.8. The van der Waals surface area contributed by atoms with E-state index in [9.17, 15) is 9.59 Å². The molecule has 3 heterocycles. The Morgan fingerprint density at radius 3 is 2.69 bits per heavy atom. The summed E-state index contributed by atoms with van der Waals surface area (Å²) in [6.07, 6.45) is 1.54. The second-order valence-corrected chi connectivity index (χ2v) is 6.67. The number of nitrogens with one attached hydrogen (secondary N) is 1. The molecule has 7 heteroatoms. The molecule has 2 aliphatic heterocycles. The topological polar surface area (TPSA) is 67.9 Å². The summed E-state index contributed by atoms with van der Waals surface area (Å²) in [5.41, 5.74) is 1.29. The third-order valence-electron chi connectivity index (χ3n) is 4.06. The average molecular weight is 368 g/mol. The third-order valence-corrected chi connectivity index (χ3v) is 4.95. The van der Waals surface area contributed by atoms with Crippen LogP contribution in [0.5, 0.6) is 11.5 Å². The lowest BCUT2D eigenvalue weighted by Crippen LogP contribution is -2.32. The molecule has 0 radical (unpaired) electrons. The number of amides is 2. The lowest BCUT2D eigenvalue weighted by Gasteiger charge is -2.19. The Hall–Kier alpha value is -3.06. The Kier molecular flexibility index (Phi) is 4.22. The van der Waals surface area contributed by atoms with Crippen LogP contribution >= 0.6 is 11.3 Å². The van der Waals surface area contributed by atoms with Gasteiger partial charge in [0.2, 0.25) is 0 Å². The number of thiophene rings is 1. The van der Waals surface area contributed by atoms with E-state index in [0.29, 0.717) is 36.0 Å². The fraction of sp³-hybridized carbons (Fsp3) is 0.158. The smallest absolute Gasteiger partial charge is 0.278 e. The number of fused-ring (bicyclic) bond motifs is 1. The van der Waals surface area contributed by atoms with Crippen LogP contribution in [0.4, 0.5) is 5.69 Å². The summed E-state index contributed by atoms with van der Waals surface area (Å²) < 4.78 is 11.1. The Labute approximate surface area is 154 Å². The molecule has 0 aliphatic carbocycles. The minimum Gasteiger partial charge on any atom is -0.486 e. The van der Waals surface area contributed by atoms with Gasteiger partial charge in [-0.2, -0.15) is 0 Å². The van der Waals surface area contributed by atoms with Gasteiger partial charge in [0.1, 0.15) is 18.9 Å². The van der Waals surface area contributed by atoms with Crippen molar-refractivity contribution in [2.24, 2.45) is 0 Å². The summed E-state index contributed by atoms with van der Waals surface area (Å²) in [7, 11) is 0. The first-order chi connectivity index (χ1) is 12.7. The molecule has 6 nitrogen and oxygen atoms in total. The fourth-order valence-corrected chi connectivity index (χ4v) is 3.67. The summed E-state index contributed by atoms with van der Waals surface area (Å²) in [5, 5.41) is 4.98. The summed E-state index contributed by atoms with van der Waals surface area (Å²) in [6.45, 7) is 4.78. The molecule has 0 saturated carbocycles. The first kappa shape index (κ1) is 16.4. The summed E-state index contributed by atoms with van der Waals surface area (Å²) >= 11 is 1.42. The molecular formula is C19H16N2O4S. The van der Waals surface area contributed by atoms with Crippen LogP contribution in [0.25, 0.3) is 5.57 Å². The first-order valence-corrected chi connectivity index (χ1v) is 8.99. The molecule has 0 unspecified atom stereocenters. The lowest BCUT2D eigenvalue weighted by molar-refractivity contribution is -0.136. The normalized spacial score (nSPS) is 16.2. The monoisotopic (exact) mass is 368 g/mol. The van der Waals surface area contributed by atoms with Gasteiger partial charge in [-0.3, -0.25) is 14.5 Å². The highest BCUT2D eigenvalue weighted by atomic mass is 32.1. The van der Waals surface area contributed by atoms with Crippen LogP contribution in [-0.4, -0.2) is 36.5 Å². The van der Waals surface area contributed by atoms with Crippen LogP contribution in [0.2, 0.25) is 0 Å². The van der Waals surface area contributed by atoms with E-state index in [2.05, 4.69) is 11.9 Å². The molecule has 132 valence electrons. The zero-order chi connectivity index (χ0) is 18.1. The number of imide groups is 1. The predicted octanol–water partition coefficient (Wildman–Crippen LogP) is 2.90. The molecule has 0 fully saturated rings. The van der Waals surface area contributed by atoms with Crippen molar-refractivity contribution in [2.75, 3.05) is 25.1 Å². The van der Waals surface area contributed by atoms with Crippen LogP contribution in [0.15, 0.2) is 54.1 Å². The number of anilines is 1.